The molecule has 4 aromatic rings. The van der Waals surface area contributed by atoms with Crippen molar-refractivity contribution in [1.29, 1.82) is 0 Å². The second kappa shape index (κ2) is 10.4. The van der Waals surface area contributed by atoms with Gasteiger partial charge < -0.3 is 0 Å². The molecule has 4 nitrogen and oxygen atoms in total. The molecule has 1 aliphatic carbocycles. The maximum Gasteiger partial charge on any atom is 0.146 e. The summed E-state index contributed by atoms with van der Waals surface area (Å²) in [5, 5.41) is 8.12. The molecule has 6 rings (SSSR count). The van der Waals surface area contributed by atoms with Crippen molar-refractivity contribution in [2.75, 3.05) is 0 Å². The molecule has 10 heteroatoms. The standard InChI is InChI=1S/C28H21BrCl4N4S/c1-2-23-24(26-35-36-27(38-26)28(11-12-28)20-10-6-17(31)14-22(20)33)34-25(19-9-5-16(30)13-21(19)32)37(23)18-7-3-15(29)4-8-18/h3-10,13-14,26,35H,2,11-12H2,1H3. The van der Waals surface area contributed by atoms with E-state index < -0.39 is 0 Å². The number of aromatic nitrogens is 2. The first-order valence-electron chi connectivity index (χ1n) is 12.1. The molecule has 1 saturated carbocycles. The molecule has 0 bridgehead atoms. The first-order chi connectivity index (χ1) is 18.3. The molecule has 0 spiro atoms. The Morgan fingerprint density at radius 2 is 1.66 bits per heavy atom. The number of hydrogen-bond acceptors (Lipinski definition) is 4. The molecule has 0 saturated heterocycles. The van der Waals surface area contributed by atoms with E-state index in [9.17, 15) is 0 Å². The Bertz CT molecular complexity index is 1580. The van der Waals surface area contributed by atoms with Crippen molar-refractivity contribution in [2.45, 2.75) is 37.0 Å². The normalized spacial score (nSPS) is 17.8. The fourth-order valence-electron chi connectivity index (χ4n) is 4.96. The SMILES string of the molecule is CCc1c(C2NN=C(C3(c4ccc(Cl)cc4Cl)CC3)S2)nc(-c2ccc(Cl)cc2Cl)n1-c1ccc(Br)cc1. The summed E-state index contributed by atoms with van der Waals surface area (Å²) in [6.45, 7) is 2.14. The average Bonchev–Trinajstić information content (AvgIpc) is 3.37. The van der Waals surface area contributed by atoms with Crippen LogP contribution in [0.1, 0.15) is 42.1 Å². The van der Waals surface area contributed by atoms with E-state index in [-0.39, 0.29) is 10.8 Å². The molecule has 1 fully saturated rings. The lowest BCUT2D eigenvalue weighted by Crippen LogP contribution is -2.17. The number of halogens is 5. The zero-order valence-electron chi connectivity index (χ0n) is 20.1. The van der Waals surface area contributed by atoms with Gasteiger partial charge in [0.2, 0.25) is 0 Å². The van der Waals surface area contributed by atoms with Crippen molar-refractivity contribution in [3.8, 4) is 17.1 Å². The van der Waals surface area contributed by atoms with Crippen LogP contribution in [0.3, 0.4) is 0 Å². The van der Waals surface area contributed by atoms with Gasteiger partial charge in [0.05, 0.1) is 10.7 Å². The predicted molar refractivity (Wildman–Crippen MR) is 164 cm³/mol. The number of rotatable bonds is 6. The Hall–Kier alpha value is -1.67. The van der Waals surface area contributed by atoms with Gasteiger partial charge in [-0.15, -0.1) is 0 Å². The lowest BCUT2D eigenvalue weighted by molar-refractivity contribution is 0.713. The van der Waals surface area contributed by atoms with E-state index in [0.29, 0.717) is 20.1 Å². The van der Waals surface area contributed by atoms with Crippen LogP contribution in [0.2, 0.25) is 20.1 Å². The Balaban J connectivity index is 1.42. The topological polar surface area (TPSA) is 42.2 Å². The number of nitrogens with one attached hydrogen (secondary N) is 1. The Morgan fingerprint density at radius 3 is 2.29 bits per heavy atom. The van der Waals surface area contributed by atoms with E-state index in [4.69, 9.17) is 56.5 Å². The molecule has 38 heavy (non-hydrogen) atoms. The van der Waals surface area contributed by atoms with Crippen LogP contribution in [0, 0.1) is 0 Å². The van der Waals surface area contributed by atoms with Crippen molar-refractivity contribution < 1.29 is 0 Å². The van der Waals surface area contributed by atoms with Gasteiger partial charge in [-0.3, -0.25) is 9.99 Å². The summed E-state index contributed by atoms with van der Waals surface area (Å²) in [5.74, 6) is 0.763. The number of imidazole rings is 1. The number of hydrogen-bond donors (Lipinski definition) is 1. The number of hydrazone groups is 1. The molecular formula is C28H21BrCl4N4S. The highest BCUT2D eigenvalue weighted by atomic mass is 79.9. The Morgan fingerprint density at radius 1 is 0.974 bits per heavy atom. The summed E-state index contributed by atoms with van der Waals surface area (Å²) < 4.78 is 3.19. The first-order valence-corrected chi connectivity index (χ1v) is 15.3. The highest BCUT2D eigenvalue weighted by Gasteiger charge is 2.53. The van der Waals surface area contributed by atoms with E-state index in [1.165, 1.54) is 0 Å². The lowest BCUT2D eigenvalue weighted by Gasteiger charge is -2.17. The minimum Gasteiger partial charge on any atom is -0.296 e. The molecular weight excluding hydrogens is 646 g/mol. The summed E-state index contributed by atoms with van der Waals surface area (Å²) in [4.78, 5) is 5.18. The molecule has 3 aromatic carbocycles. The third-order valence-electron chi connectivity index (χ3n) is 6.96. The highest BCUT2D eigenvalue weighted by Crippen LogP contribution is 2.57. The predicted octanol–water partition coefficient (Wildman–Crippen LogP) is 9.86. The molecule has 0 amide bonds. The molecule has 1 atom stereocenters. The van der Waals surface area contributed by atoms with Gasteiger partial charge in [0, 0.05) is 41.9 Å². The zero-order valence-corrected chi connectivity index (χ0v) is 25.5. The van der Waals surface area contributed by atoms with Gasteiger partial charge in [-0.2, -0.15) is 5.10 Å². The minimum absolute atomic E-state index is 0.148. The van der Waals surface area contributed by atoms with Crippen LogP contribution in [-0.4, -0.2) is 14.6 Å². The van der Waals surface area contributed by atoms with Gasteiger partial charge in [0.1, 0.15) is 16.2 Å². The molecule has 1 N–H and O–H groups in total. The van der Waals surface area contributed by atoms with Crippen molar-refractivity contribution >= 4 is 79.1 Å². The number of thioether (sulfide) groups is 1. The summed E-state index contributed by atoms with van der Waals surface area (Å²) in [6.07, 6.45) is 2.76. The fourth-order valence-corrected chi connectivity index (χ4v) is 7.58. The van der Waals surface area contributed by atoms with Gasteiger partial charge in [-0.05, 0) is 79.4 Å². The highest BCUT2D eigenvalue weighted by molar-refractivity contribution is 9.10. The van der Waals surface area contributed by atoms with Gasteiger partial charge in [0.25, 0.3) is 0 Å². The van der Waals surface area contributed by atoms with E-state index in [0.717, 1.165) is 62.8 Å². The number of nitrogens with zero attached hydrogens (tertiary/aromatic N) is 3. The Labute approximate surface area is 253 Å². The van der Waals surface area contributed by atoms with Crippen molar-refractivity contribution in [1.82, 2.24) is 15.0 Å². The molecule has 1 unspecified atom stereocenters. The monoisotopic (exact) mass is 664 g/mol. The average molecular weight is 667 g/mol. The molecule has 1 aliphatic heterocycles. The van der Waals surface area contributed by atoms with Crippen LogP contribution in [0.15, 0.2) is 70.2 Å². The van der Waals surface area contributed by atoms with E-state index in [1.54, 1.807) is 23.9 Å². The fraction of sp³-hybridized carbons (Fsp3) is 0.214. The van der Waals surface area contributed by atoms with Crippen LogP contribution >= 0.6 is 74.1 Å². The number of benzene rings is 3. The lowest BCUT2D eigenvalue weighted by atomic mass is 9.97. The molecule has 1 aromatic heterocycles. The molecule has 194 valence electrons. The van der Waals surface area contributed by atoms with Gasteiger partial charge in [0.15, 0.2) is 0 Å². The van der Waals surface area contributed by atoms with Gasteiger partial charge in [-0.1, -0.05) is 87.1 Å². The van der Waals surface area contributed by atoms with Crippen LogP contribution in [0.4, 0.5) is 0 Å². The van der Waals surface area contributed by atoms with Crippen molar-refractivity contribution in [2.24, 2.45) is 5.10 Å². The third-order valence-corrected chi connectivity index (χ3v) is 9.86. The molecule has 0 radical (unpaired) electrons. The summed E-state index contributed by atoms with van der Waals surface area (Å²) >= 11 is 30.9. The van der Waals surface area contributed by atoms with E-state index >= 15 is 0 Å². The maximum atomic E-state index is 6.69. The minimum atomic E-state index is -0.183. The summed E-state index contributed by atoms with van der Waals surface area (Å²) in [6, 6.07) is 19.4. The van der Waals surface area contributed by atoms with Crippen LogP contribution in [-0.2, 0) is 11.8 Å². The third kappa shape index (κ3) is 4.67. The second-order valence-electron chi connectivity index (χ2n) is 9.31. The Kier molecular flexibility index (Phi) is 7.25. The van der Waals surface area contributed by atoms with E-state index in [1.807, 2.05) is 36.4 Å². The quantitative estimate of drug-likeness (QED) is 0.223. The summed E-state index contributed by atoms with van der Waals surface area (Å²) in [7, 11) is 0. The van der Waals surface area contributed by atoms with Crippen LogP contribution in [0.25, 0.3) is 17.1 Å². The van der Waals surface area contributed by atoms with Crippen LogP contribution in [0.5, 0.6) is 0 Å². The zero-order chi connectivity index (χ0) is 26.6. The van der Waals surface area contributed by atoms with Crippen LogP contribution < -0.4 is 5.43 Å². The summed E-state index contributed by atoms with van der Waals surface area (Å²) in [5.41, 5.74) is 8.08. The van der Waals surface area contributed by atoms with Crippen molar-refractivity contribution in [3.63, 3.8) is 0 Å². The van der Waals surface area contributed by atoms with Crippen molar-refractivity contribution in [3.05, 3.63) is 102 Å². The first kappa shape index (κ1) is 26.5. The molecule has 2 aliphatic rings. The largest absolute Gasteiger partial charge is 0.296 e. The van der Waals surface area contributed by atoms with E-state index in [2.05, 4.69) is 45.0 Å². The molecule has 2 heterocycles. The maximum absolute atomic E-state index is 6.69. The smallest absolute Gasteiger partial charge is 0.146 e. The van der Waals surface area contributed by atoms with Gasteiger partial charge >= 0.3 is 0 Å². The second-order valence-corrected chi connectivity index (χ2v) is 13.0. The van der Waals surface area contributed by atoms with Gasteiger partial charge in [-0.25, -0.2) is 4.98 Å².